The number of aliphatic hydroxyl groups is 2. The van der Waals surface area contributed by atoms with E-state index >= 15 is 0 Å². The molecule has 0 aromatic rings. The van der Waals surface area contributed by atoms with Gasteiger partial charge in [-0.15, -0.1) is 0 Å². The van der Waals surface area contributed by atoms with Crippen LogP contribution in [0.1, 0.15) is 98.8 Å². The molecular formula is C32H52O5. The molecule has 0 aromatic carbocycles. The lowest BCUT2D eigenvalue weighted by Crippen LogP contribution is -2.67. The second-order valence-electron chi connectivity index (χ2n) is 14.8. The number of carboxylic acids is 1. The Morgan fingerprint density at radius 2 is 1.65 bits per heavy atom. The fourth-order valence-electron chi connectivity index (χ4n) is 11.8. The van der Waals surface area contributed by atoms with E-state index in [1.807, 2.05) is 6.92 Å². The van der Waals surface area contributed by atoms with Gasteiger partial charge in [-0.2, -0.15) is 0 Å². The van der Waals surface area contributed by atoms with Crippen molar-refractivity contribution in [1.82, 2.24) is 0 Å². The number of ether oxygens (including phenoxy) is 1. The van der Waals surface area contributed by atoms with Gasteiger partial charge in [-0.05, 0) is 123 Å². The second kappa shape index (κ2) is 9.06. The van der Waals surface area contributed by atoms with Gasteiger partial charge in [0.25, 0.3) is 0 Å². The Hall–Kier alpha value is -0.910. The Morgan fingerprint density at radius 3 is 2.30 bits per heavy atom. The second-order valence-corrected chi connectivity index (χ2v) is 14.8. The molecule has 11 atom stereocenters. The van der Waals surface area contributed by atoms with Crippen molar-refractivity contribution in [3.8, 4) is 0 Å². The molecule has 0 radical (unpaired) electrons. The quantitative estimate of drug-likeness (QED) is 0.373. The highest BCUT2D eigenvalue weighted by atomic mass is 16.5. The Kier molecular flexibility index (Phi) is 6.77. The van der Waals surface area contributed by atoms with Crippen molar-refractivity contribution >= 4 is 5.97 Å². The molecule has 0 aliphatic heterocycles. The van der Waals surface area contributed by atoms with E-state index < -0.39 is 22.9 Å². The predicted octanol–water partition coefficient (Wildman–Crippen LogP) is 6.08. The molecular weight excluding hydrogens is 464 g/mol. The van der Waals surface area contributed by atoms with Crippen molar-refractivity contribution < 1.29 is 24.9 Å². The van der Waals surface area contributed by atoms with Crippen LogP contribution >= 0.6 is 0 Å². The molecule has 0 saturated heterocycles. The fraction of sp³-hybridized carbons (Fsp3) is 0.906. The Morgan fingerprint density at radius 1 is 0.919 bits per heavy atom. The van der Waals surface area contributed by atoms with Crippen LogP contribution in [0.2, 0.25) is 0 Å². The van der Waals surface area contributed by atoms with Crippen LogP contribution in [-0.4, -0.2) is 47.2 Å². The molecule has 37 heavy (non-hydrogen) atoms. The third-order valence-electron chi connectivity index (χ3n) is 14.0. The Labute approximate surface area is 224 Å². The minimum Gasteiger partial charge on any atom is -0.481 e. The first-order valence-corrected chi connectivity index (χ1v) is 15.1. The smallest absolute Gasteiger partial charge is 0.309 e. The molecule has 0 aromatic heterocycles. The van der Waals surface area contributed by atoms with Gasteiger partial charge in [-0.3, -0.25) is 4.79 Å². The number of carbonyl (C=O) groups is 1. The molecule has 5 aliphatic carbocycles. The predicted molar refractivity (Wildman–Crippen MR) is 145 cm³/mol. The molecule has 5 heteroatoms. The van der Waals surface area contributed by atoms with Crippen molar-refractivity contribution in [1.29, 1.82) is 0 Å². The first-order valence-electron chi connectivity index (χ1n) is 15.1. The number of carboxylic acid groups (broad SMARTS) is 1. The van der Waals surface area contributed by atoms with Crippen LogP contribution < -0.4 is 0 Å². The summed E-state index contributed by atoms with van der Waals surface area (Å²) in [6.45, 7) is 17.3. The SMILES string of the molecule is C=C(COCC)[C@@H]1CC[C@]2(C(=O)O)CC[C@]3(C)C(CC[C@@H]4[C@@]5(C)CCC(O)[C@@](C)(CO)[C@@H]5CC[C@]43C)[C@@H]12. The van der Waals surface area contributed by atoms with Gasteiger partial charge in [0.2, 0.25) is 0 Å². The van der Waals surface area contributed by atoms with Gasteiger partial charge in [0.05, 0.1) is 24.7 Å². The highest BCUT2D eigenvalue weighted by Gasteiger charge is 2.72. The summed E-state index contributed by atoms with van der Waals surface area (Å²) in [5.41, 5.74) is 0.324. The van der Waals surface area contributed by atoms with E-state index in [4.69, 9.17) is 4.74 Å². The Balaban J connectivity index is 1.53. The van der Waals surface area contributed by atoms with Crippen LogP contribution in [0, 0.1) is 56.7 Å². The third-order valence-corrected chi connectivity index (χ3v) is 14.0. The highest BCUT2D eigenvalue weighted by molar-refractivity contribution is 5.76. The zero-order chi connectivity index (χ0) is 27.0. The average molecular weight is 517 g/mol. The molecule has 5 aliphatic rings. The first kappa shape index (κ1) is 27.6. The number of aliphatic hydroxyl groups excluding tert-OH is 2. The van der Waals surface area contributed by atoms with Crippen molar-refractivity contribution in [3.05, 3.63) is 12.2 Å². The maximum absolute atomic E-state index is 12.9. The number of fused-ring (bicyclic) bond motifs is 7. The molecule has 5 nitrogen and oxygen atoms in total. The van der Waals surface area contributed by atoms with Gasteiger partial charge in [-0.25, -0.2) is 0 Å². The average Bonchev–Trinajstić information content (AvgIpc) is 3.27. The van der Waals surface area contributed by atoms with Crippen LogP contribution in [0.3, 0.4) is 0 Å². The molecule has 5 saturated carbocycles. The highest BCUT2D eigenvalue weighted by Crippen LogP contribution is 2.77. The van der Waals surface area contributed by atoms with E-state index in [0.29, 0.717) is 31.0 Å². The molecule has 3 N–H and O–H groups in total. The number of aliphatic carboxylic acids is 1. The van der Waals surface area contributed by atoms with E-state index in [0.717, 1.165) is 69.8 Å². The van der Waals surface area contributed by atoms with E-state index in [1.54, 1.807) is 0 Å². The number of hydrogen-bond acceptors (Lipinski definition) is 4. The summed E-state index contributed by atoms with van der Waals surface area (Å²) >= 11 is 0. The molecule has 0 bridgehead atoms. The summed E-state index contributed by atoms with van der Waals surface area (Å²) in [6.07, 6.45) is 9.13. The maximum atomic E-state index is 12.9. The van der Waals surface area contributed by atoms with Crippen LogP contribution in [0.5, 0.6) is 0 Å². The van der Waals surface area contributed by atoms with Crippen molar-refractivity contribution in [2.24, 2.45) is 56.7 Å². The van der Waals surface area contributed by atoms with Gasteiger partial charge < -0.3 is 20.1 Å². The van der Waals surface area contributed by atoms with Crippen LogP contribution in [0.25, 0.3) is 0 Å². The summed E-state index contributed by atoms with van der Waals surface area (Å²) in [4.78, 5) is 12.9. The molecule has 5 rings (SSSR count). The largest absolute Gasteiger partial charge is 0.481 e. The lowest BCUT2D eigenvalue weighted by atomic mass is 9.32. The standard InChI is InChI=1S/C32H52O5/c1-7-37-18-20(2)21-10-15-32(27(35)36)17-16-30(5)22(26(21)32)8-9-24-28(3)13-12-25(34)29(4,19-33)23(28)11-14-31(24,30)6/h21-26,33-34H,2,7-19H2,1,3-6H3,(H,35,36)/t21-,22?,23+,24+,25?,26+,28-,29-,30+,31+,32-/m0/s1. The molecule has 0 amide bonds. The van der Waals surface area contributed by atoms with Crippen molar-refractivity contribution in [2.75, 3.05) is 19.8 Å². The van der Waals surface area contributed by atoms with E-state index in [-0.39, 0.29) is 34.7 Å². The van der Waals surface area contributed by atoms with Gasteiger partial charge in [0, 0.05) is 12.0 Å². The van der Waals surface area contributed by atoms with Gasteiger partial charge in [0.1, 0.15) is 0 Å². The monoisotopic (exact) mass is 516 g/mol. The normalized spacial score (nSPS) is 52.9. The molecule has 5 fully saturated rings. The van der Waals surface area contributed by atoms with Crippen LogP contribution in [0.4, 0.5) is 0 Å². The van der Waals surface area contributed by atoms with E-state index in [2.05, 4.69) is 34.3 Å². The zero-order valence-corrected chi connectivity index (χ0v) is 24.0. The summed E-state index contributed by atoms with van der Waals surface area (Å²) in [6, 6.07) is 0. The van der Waals surface area contributed by atoms with Crippen LogP contribution in [-0.2, 0) is 9.53 Å². The minimum absolute atomic E-state index is 0.0462. The van der Waals surface area contributed by atoms with E-state index in [1.165, 1.54) is 0 Å². The Bertz CT molecular complexity index is 932. The van der Waals surface area contributed by atoms with Crippen molar-refractivity contribution in [3.63, 3.8) is 0 Å². The minimum atomic E-state index is -0.626. The summed E-state index contributed by atoms with van der Waals surface area (Å²) < 4.78 is 5.77. The third kappa shape index (κ3) is 3.48. The van der Waals surface area contributed by atoms with Gasteiger partial charge in [0.15, 0.2) is 0 Å². The van der Waals surface area contributed by atoms with Crippen LogP contribution in [0.15, 0.2) is 12.2 Å². The molecule has 0 heterocycles. The maximum Gasteiger partial charge on any atom is 0.309 e. The summed E-state index contributed by atoms with van der Waals surface area (Å²) in [5.74, 6) is 0.996. The van der Waals surface area contributed by atoms with Gasteiger partial charge >= 0.3 is 5.97 Å². The number of rotatable bonds is 6. The molecule has 2 unspecified atom stereocenters. The van der Waals surface area contributed by atoms with E-state index in [9.17, 15) is 20.1 Å². The zero-order valence-electron chi connectivity index (χ0n) is 24.0. The summed E-state index contributed by atoms with van der Waals surface area (Å²) in [5, 5.41) is 32.1. The first-order chi connectivity index (χ1) is 17.4. The lowest BCUT2D eigenvalue weighted by molar-refractivity contribution is -0.254. The van der Waals surface area contributed by atoms with Gasteiger partial charge in [-0.1, -0.05) is 34.3 Å². The fourth-order valence-corrected chi connectivity index (χ4v) is 11.8. The molecule has 0 spiro atoms. The summed E-state index contributed by atoms with van der Waals surface area (Å²) in [7, 11) is 0. The number of hydrogen-bond donors (Lipinski definition) is 3. The lowest BCUT2D eigenvalue weighted by Gasteiger charge is -2.72. The molecule has 210 valence electrons. The van der Waals surface area contributed by atoms with Crippen molar-refractivity contribution in [2.45, 2.75) is 105 Å². The topological polar surface area (TPSA) is 87.0 Å².